The maximum absolute atomic E-state index is 13.9. The molecule has 1 unspecified atom stereocenters. The lowest BCUT2D eigenvalue weighted by molar-refractivity contribution is -0.143. The van der Waals surface area contributed by atoms with Gasteiger partial charge in [-0.2, -0.15) is 0 Å². The third kappa shape index (κ3) is 6.15. The van der Waals surface area contributed by atoms with Gasteiger partial charge < -0.3 is 40.0 Å². The molecule has 5 rings (SSSR count). The smallest absolute Gasteiger partial charge is 0.481 e. The largest absolute Gasteiger partial charge is 0.491 e. The van der Waals surface area contributed by atoms with E-state index in [1.165, 1.54) is 17.0 Å². The highest BCUT2D eigenvalue weighted by atomic mass is 16.5. The van der Waals surface area contributed by atoms with E-state index in [-0.39, 0.29) is 30.8 Å². The lowest BCUT2D eigenvalue weighted by atomic mass is 9.78. The average molecular weight is 563 g/mol. The molecule has 1 fully saturated rings. The molecule has 3 aliphatic heterocycles. The van der Waals surface area contributed by atoms with Gasteiger partial charge in [0.1, 0.15) is 6.04 Å². The lowest BCUT2D eigenvalue weighted by Crippen LogP contribution is -2.60. The molecule has 41 heavy (non-hydrogen) atoms. The Kier molecular flexibility index (Phi) is 8.45. The van der Waals surface area contributed by atoms with E-state index in [2.05, 4.69) is 10.6 Å². The number of amides is 3. The molecule has 3 amide bonds. The van der Waals surface area contributed by atoms with Crippen LogP contribution in [0.4, 0.5) is 0 Å². The van der Waals surface area contributed by atoms with E-state index in [0.717, 1.165) is 17.5 Å². The Morgan fingerprint density at radius 1 is 0.927 bits per heavy atom. The maximum Gasteiger partial charge on any atom is 0.491 e. The highest BCUT2D eigenvalue weighted by molar-refractivity contribution is 6.62. The fraction of sp³-hybridized carbons (Fsp3) is 0.407. The quantitative estimate of drug-likeness (QED) is 0.250. The Morgan fingerprint density at radius 2 is 1.49 bits per heavy atom. The van der Waals surface area contributed by atoms with E-state index in [1.807, 2.05) is 0 Å². The van der Waals surface area contributed by atoms with Crippen molar-refractivity contribution < 1.29 is 43.6 Å². The van der Waals surface area contributed by atoms with Gasteiger partial charge in [-0.15, -0.1) is 0 Å². The van der Waals surface area contributed by atoms with Gasteiger partial charge in [-0.25, -0.2) is 0 Å². The van der Waals surface area contributed by atoms with Gasteiger partial charge in [0.25, 0.3) is 11.8 Å². The zero-order valence-corrected chi connectivity index (χ0v) is 22.5. The number of hydrogen-bond acceptors (Lipinski definition) is 8. The predicted molar refractivity (Wildman–Crippen MR) is 147 cm³/mol. The summed E-state index contributed by atoms with van der Waals surface area (Å²) < 4.78 is 10.4. The van der Waals surface area contributed by atoms with Gasteiger partial charge in [-0.3, -0.25) is 19.2 Å². The van der Waals surface area contributed by atoms with Crippen LogP contribution in [0.15, 0.2) is 36.4 Å². The summed E-state index contributed by atoms with van der Waals surface area (Å²) in [6.45, 7) is 2.36. The van der Waals surface area contributed by atoms with E-state index < -0.39 is 56.1 Å². The van der Waals surface area contributed by atoms with Crippen LogP contribution in [0.5, 0.6) is 0 Å². The van der Waals surface area contributed by atoms with Gasteiger partial charge in [0.05, 0.1) is 25.7 Å². The van der Waals surface area contributed by atoms with E-state index in [0.29, 0.717) is 30.3 Å². The molecular weight excluding hydrogens is 532 g/mol. The summed E-state index contributed by atoms with van der Waals surface area (Å²) in [6, 6.07) is 6.86. The Balaban J connectivity index is 1.39. The van der Waals surface area contributed by atoms with Gasteiger partial charge in [0, 0.05) is 23.7 Å². The van der Waals surface area contributed by atoms with Crippen LogP contribution in [0.1, 0.15) is 64.4 Å². The minimum Gasteiger partial charge on any atom is -0.481 e. The van der Waals surface area contributed by atoms with E-state index >= 15 is 0 Å². The third-order valence-electron chi connectivity index (χ3n) is 7.87. The molecule has 0 saturated carbocycles. The number of benzene rings is 2. The average Bonchev–Trinajstić information content (AvgIpc) is 3.52. The standard InChI is InChI=1S/C27H31B2N3O9/c1-15(30-25(35)16-5-7-18-13-40-28(38)21(18)10-16)24(27(37)32-9-3-2-4-20(32)12-23(33)34)31-26(36)17-6-8-19-14-41-29(39)22(19)11-17/h5-8,10-11,15,20,24,38-39H,2-4,9,12-14H2,1H3,(H,30,35)(H,31,36)(H,33,34)/t15-,20?,24-/m0/s1. The molecule has 214 valence electrons. The van der Waals surface area contributed by atoms with Crippen molar-refractivity contribution >= 4 is 48.9 Å². The molecule has 0 radical (unpaired) electrons. The number of nitrogens with one attached hydrogen (secondary N) is 2. The predicted octanol–water partition coefficient (Wildman–Crippen LogP) is -1.11. The number of carbonyl (C=O) groups excluding carboxylic acids is 3. The van der Waals surface area contributed by atoms with Crippen LogP contribution >= 0.6 is 0 Å². The Morgan fingerprint density at radius 3 is 2.05 bits per heavy atom. The number of carboxylic acid groups (broad SMARTS) is 1. The second-order valence-electron chi connectivity index (χ2n) is 10.6. The number of piperidine rings is 1. The summed E-state index contributed by atoms with van der Waals surface area (Å²) >= 11 is 0. The number of carbonyl (C=O) groups is 4. The maximum atomic E-state index is 13.9. The van der Waals surface area contributed by atoms with Crippen molar-refractivity contribution in [1.29, 1.82) is 0 Å². The van der Waals surface area contributed by atoms with Crippen LogP contribution in [0, 0.1) is 0 Å². The molecule has 0 bridgehead atoms. The summed E-state index contributed by atoms with van der Waals surface area (Å²) in [7, 11) is -2.29. The highest BCUT2D eigenvalue weighted by Gasteiger charge is 2.38. The van der Waals surface area contributed by atoms with Crippen molar-refractivity contribution in [1.82, 2.24) is 15.5 Å². The molecule has 3 heterocycles. The number of likely N-dealkylation sites (tertiary alicyclic amines) is 1. The SMILES string of the molecule is C[C@H](NC(=O)c1ccc2c(c1)B(O)OC2)[C@H](NC(=O)c1ccc2c(c1)B(O)OC2)C(=O)N1CCCCC1CC(=O)O. The topological polar surface area (TPSA) is 175 Å². The summed E-state index contributed by atoms with van der Waals surface area (Å²) in [5, 5.41) is 35.0. The van der Waals surface area contributed by atoms with Crippen LogP contribution < -0.4 is 21.6 Å². The number of aliphatic carboxylic acids is 1. The van der Waals surface area contributed by atoms with Crippen molar-refractivity contribution in [2.45, 2.75) is 63.9 Å². The zero-order valence-electron chi connectivity index (χ0n) is 22.5. The Labute approximate surface area is 237 Å². The normalized spacial score (nSPS) is 19.3. The van der Waals surface area contributed by atoms with Crippen LogP contribution in [0.3, 0.4) is 0 Å². The van der Waals surface area contributed by atoms with Crippen LogP contribution in [0.25, 0.3) is 0 Å². The molecule has 12 nitrogen and oxygen atoms in total. The van der Waals surface area contributed by atoms with Crippen molar-refractivity contribution in [3.05, 3.63) is 58.7 Å². The summed E-state index contributed by atoms with van der Waals surface area (Å²) in [4.78, 5) is 53.5. The molecule has 1 saturated heterocycles. The highest BCUT2D eigenvalue weighted by Crippen LogP contribution is 2.22. The molecule has 5 N–H and O–H groups in total. The summed E-state index contributed by atoms with van der Waals surface area (Å²) in [6.07, 6.45) is 1.75. The molecule has 0 spiro atoms. The van der Waals surface area contributed by atoms with Crippen molar-refractivity contribution in [2.75, 3.05) is 6.54 Å². The van der Waals surface area contributed by atoms with Gasteiger partial charge in [-0.05, 0) is 72.5 Å². The Hall–Kier alpha value is -3.71. The van der Waals surface area contributed by atoms with Crippen LogP contribution in [-0.2, 0) is 32.1 Å². The second kappa shape index (κ2) is 12.0. The molecule has 2 aromatic carbocycles. The first-order valence-electron chi connectivity index (χ1n) is 13.6. The first-order valence-corrected chi connectivity index (χ1v) is 13.6. The van der Waals surface area contributed by atoms with E-state index in [4.69, 9.17) is 9.31 Å². The molecule has 0 aromatic heterocycles. The van der Waals surface area contributed by atoms with Crippen molar-refractivity contribution in [3.8, 4) is 0 Å². The summed E-state index contributed by atoms with van der Waals surface area (Å²) in [5.41, 5.74) is 2.89. The monoisotopic (exact) mass is 563 g/mol. The van der Waals surface area contributed by atoms with Gasteiger partial charge in [-0.1, -0.05) is 12.1 Å². The zero-order chi connectivity index (χ0) is 29.3. The Bertz CT molecular complexity index is 1370. The van der Waals surface area contributed by atoms with Gasteiger partial charge >= 0.3 is 20.2 Å². The minimum atomic E-state index is -1.22. The fourth-order valence-electron chi connectivity index (χ4n) is 5.59. The van der Waals surface area contributed by atoms with E-state index in [9.17, 15) is 34.3 Å². The molecule has 14 heteroatoms. The van der Waals surface area contributed by atoms with Gasteiger partial charge in [0.15, 0.2) is 0 Å². The molecule has 2 aromatic rings. The number of fused-ring (bicyclic) bond motifs is 2. The fourth-order valence-corrected chi connectivity index (χ4v) is 5.59. The van der Waals surface area contributed by atoms with E-state index in [1.54, 1.807) is 31.2 Å². The van der Waals surface area contributed by atoms with Gasteiger partial charge in [0.2, 0.25) is 5.91 Å². The minimum absolute atomic E-state index is 0.193. The van der Waals surface area contributed by atoms with Crippen LogP contribution in [0.2, 0.25) is 0 Å². The van der Waals surface area contributed by atoms with Crippen molar-refractivity contribution in [3.63, 3.8) is 0 Å². The summed E-state index contributed by atoms with van der Waals surface area (Å²) in [5.74, 6) is -2.65. The molecule has 3 atom stereocenters. The number of nitrogens with zero attached hydrogens (tertiary/aromatic N) is 1. The lowest BCUT2D eigenvalue weighted by Gasteiger charge is -2.38. The number of hydrogen-bond donors (Lipinski definition) is 5. The third-order valence-corrected chi connectivity index (χ3v) is 7.87. The number of carboxylic acids is 1. The first-order chi connectivity index (χ1) is 19.6. The second-order valence-corrected chi connectivity index (χ2v) is 10.6. The number of rotatable bonds is 8. The first kappa shape index (κ1) is 28.8. The van der Waals surface area contributed by atoms with Crippen molar-refractivity contribution in [2.24, 2.45) is 0 Å². The molecular formula is C27H31B2N3O9. The molecule has 0 aliphatic carbocycles. The van der Waals surface area contributed by atoms with Crippen LogP contribution in [-0.4, -0.2) is 82.7 Å². The molecule has 3 aliphatic rings.